The minimum atomic E-state index is -0.755. The lowest BCUT2D eigenvalue weighted by Crippen LogP contribution is -2.79. The molecule has 0 aromatic carbocycles. The number of fused-ring (bicyclic) bond motifs is 1. The molecular formula is C10H14O3. The van der Waals surface area contributed by atoms with Gasteiger partial charge in [-0.2, -0.15) is 0 Å². The smallest absolute Gasteiger partial charge is 0.0765 e. The van der Waals surface area contributed by atoms with Crippen molar-refractivity contribution in [3.63, 3.8) is 0 Å². The van der Waals surface area contributed by atoms with Gasteiger partial charge in [-0.3, -0.25) is 0 Å². The zero-order valence-electron chi connectivity index (χ0n) is 7.45. The van der Waals surface area contributed by atoms with E-state index in [4.69, 9.17) is 0 Å². The lowest BCUT2D eigenvalue weighted by atomic mass is 9.34. The number of rotatable bonds is 0. The molecule has 1 spiro atoms. The summed E-state index contributed by atoms with van der Waals surface area (Å²) in [6.07, 6.45) is 3.24. The molecule has 0 amide bonds. The van der Waals surface area contributed by atoms with Crippen LogP contribution in [-0.2, 0) is 0 Å². The van der Waals surface area contributed by atoms with Crippen LogP contribution in [-0.4, -0.2) is 32.1 Å². The van der Waals surface area contributed by atoms with Crippen molar-refractivity contribution in [1.82, 2.24) is 0 Å². The highest BCUT2D eigenvalue weighted by atomic mass is 16.3. The fourth-order valence-electron chi connectivity index (χ4n) is 5.26. The van der Waals surface area contributed by atoms with Crippen LogP contribution in [0.25, 0.3) is 0 Å². The van der Waals surface area contributed by atoms with E-state index in [1.54, 1.807) is 0 Å². The van der Waals surface area contributed by atoms with Crippen molar-refractivity contribution < 1.29 is 15.3 Å². The van der Waals surface area contributed by atoms with Gasteiger partial charge in [-0.15, -0.1) is 0 Å². The van der Waals surface area contributed by atoms with Gasteiger partial charge in [-0.05, 0) is 25.2 Å². The van der Waals surface area contributed by atoms with Gasteiger partial charge in [0.1, 0.15) is 0 Å². The molecule has 4 aliphatic carbocycles. The number of aliphatic hydroxyl groups is 3. The van der Waals surface area contributed by atoms with Gasteiger partial charge in [0.2, 0.25) is 0 Å². The molecule has 4 fully saturated rings. The van der Waals surface area contributed by atoms with Gasteiger partial charge in [0.25, 0.3) is 0 Å². The van der Waals surface area contributed by atoms with Crippen molar-refractivity contribution in [2.75, 3.05) is 0 Å². The molecule has 0 aromatic rings. The standard InChI is InChI=1S/C10H14O3/c11-7-3-8(12)1-6-2-9(13,4-7)10(6,8)5-7/h6,11-13H,1-5H2. The number of hydrogen-bond donors (Lipinski definition) is 3. The van der Waals surface area contributed by atoms with Gasteiger partial charge in [0.05, 0.1) is 16.8 Å². The summed E-state index contributed by atoms with van der Waals surface area (Å²) >= 11 is 0. The van der Waals surface area contributed by atoms with Gasteiger partial charge < -0.3 is 15.3 Å². The molecule has 4 aliphatic rings. The third-order valence-corrected chi connectivity index (χ3v) is 5.38. The molecule has 4 saturated carbocycles. The summed E-state index contributed by atoms with van der Waals surface area (Å²) in [6.45, 7) is 0. The summed E-state index contributed by atoms with van der Waals surface area (Å²) in [4.78, 5) is 0. The molecule has 3 heteroatoms. The van der Waals surface area contributed by atoms with Crippen molar-refractivity contribution in [2.24, 2.45) is 11.3 Å². The highest BCUT2D eigenvalue weighted by Gasteiger charge is 2.89. The van der Waals surface area contributed by atoms with E-state index < -0.39 is 16.8 Å². The third kappa shape index (κ3) is 0.431. The zero-order valence-corrected chi connectivity index (χ0v) is 7.45. The summed E-state index contributed by atoms with van der Waals surface area (Å²) in [7, 11) is 0. The van der Waals surface area contributed by atoms with Crippen molar-refractivity contribution >= 4 is 0 Å². The molecule has 2 unspecified atom stereocenters. The van der Waals surface area contributed by atoms with E-state index in [1.807, 2.05) is 0 Å². The Morgan fingerprint density at radius 1 is 0.846 bits per heavy atom. The second-order valence-electron chi connectivity index (χ2n) is 5.89. The van der Waals surface area contributed by atoms with Crippen LogP contribution in [0.2, 0.25) is 0 Å². The first-order valence-electron chi connectivity index (χ1n) is 5.10. The molecule has 0 heterocycles. The average molecular weight is 182 g/mol. The summed E-state index contributed by atoms with van der Waals surface area (Å²) in [5.41, 5.74) is -2.50. The Labute approximate surface area is 76.4 Å². The van der Waals surface area contributed by atoms with Crippen LogP contribution in [0, 0.1) is 11.3 Å². The summed E-state index contributed by atoms with van der Waals surface area (Å²) in [6, 6.07) is 0. The predicted molar refractivity (Wildman–Crippen MR) is 43.9 cm³/mol. The van der Waals surface area contributed by atoms with E-state index >= 15 is 0 Å². The quantitative estimate of drug-likeness (QED) is 0.485. The van der Waals surface area contributed by atoms with Gasteiger partial charge in [0, 0.05) is 18.3 Å². The molecule has 13 heavy (non-hydrogen) atoms. The summed E-state index contributed by atoms with van der Waals surface area (Å²) < 4.78 is 0. The molecule has 72 valence electrons. The second kappa shape index (κ2) is 1.38. The van der Waals surface area contributed by atoms with Crippen LogP contribution in [0.5, 0.6) is 0 Å². The van der Waals surface area contributed by atoms with Crippen molar-refractivity contribution in [3.05, 3.63) is 0 Å². The Morgan fingerprint density at radius 2 is 1.38 bits per heavy atom. The van der Waals surface area contributed by atoms with E-state index in [-0.39, 0.29) is 5.41 Å². The second-order valence-corrected chi connectivity index (χ2v) is 5.89. The zero-order chi connectivity index (χ0) is 9.11. The van der Waals surface area contributed by atoms with Crippen LogP contribution in [0.3, 0.4) is 0 Å². The Kier molecular flexibility index (Phi) is 0.767. The van der Waals surface area contributed by atoms with E-state index in [0.717, 1.165) is 12.8 Å². The molecule has 2 atom stereocenters. The Bertz CT molecular complexity index is 304. The van der Waals surface area contributed by atoms with E-state index in [0.29, 0.717) is 25.2 Å². The highest BCUT2D eigenvalue weighted by Crippen LogP contribution is 2.84. The molecule has 0 radical (unpaired) electrons. The third-order valence-electron chi connectivity index (χ3n) is 5.38. The largest absolute Gasteiger partial charge is 0.390 e. The van der Waals surface area contributed by atoms with E-state index in [9.17, 15) is 15.3 Å². The normalized spacial score (nSPS) is 77.3. The van der Waals surface area contributed by atoms with Gasteiger partial charge in [0.15, 0.2) is 0 Å². The highest BCUT2D eigenvalue weighted by molar-refractivity contribution is 5.40. The van der Waals surface area contributed by atoms with Crippen LogP contribution in [0.15, 0.2) is 0 Å². The molecule has 0 saturated heterocycles. The van der Waals surface area contributed by atoms with Gasteiger partial charge in [-0.25, -0.2) is 0 Å². The van der Waals surface area contributed by atoms with Crippen molar-refractivity contribution in [1.29, 1.82) is 0 Å². The maximum absolute atomic E-state index is 10.2. The summed E-state index contributed by atoms with van der Waals surface area (Å²) in [5.74, 6) is 0.485. The summed E-state index contributed by atoms with van der Waals surface area (Å²) in [5, 5.41) is 30.6. The molecular weight excluding hydrogens is 168 g/mol. The first-order chi connectivity index (χ1) is 5.93. The van der Waals surface area contributed by atoms with Crippen molar-refractivity contribution in [3.8, 4) is 0 Å². The lowest BCUT2D eigenvalue weighted by Gasteiger charge is -2.73. The maximum atomic E-state index is 10.2. The van der Waals surface area contributed by atoms with Crippen molar-refractivity contribution in [2.45, 2.75) is 48.9 Å². The lowest BCUT2D eigenvalue weighted by molar-refractivity contribution is -0.355. The van der Waals surface area contributed by atoms with Crippen LogP contribution < -0.4 is 0 Å². The first-order valence-corrected chi connectivity index (χ1v) is 5.10. The average Bonchev–Trinajstić information content (AvgIpc) is 2.27. The van der Waals surface area contributed by atoms with Crippen LogP contribution in [0.4, 0.5) is 0 Å². The molecule has 0 aliphatic heterocycles. The van der Waals surface area contributed by atoms with Gasteiger partial charge in [-0.1, -0.05) is 0 Å². The Morgan fingerprint density at radius 3 is 1.69 bits per heavy atom. The molecule has 4 rings (SSSR count). The maximum Gasteiger partial charge on any atom is 0.0765 e. The minimum absolute atomic E-state index is 0.297. The fraction of sp³-hybridized carbons (Fsp3) is 1.00. The Balaban J connectivity index is 1.95. The fourth-order valence-corrected chi connectivity index (χ4v) is 5.26. The molecule has 3 nitrogen and oxygen atoms in total. The SMILES string of the molecule is OC12CC3(O)CC4CC(O)(C1)C43C2. The Hall–Kier alpha value is -0.120. The monoisotopic (exact) mass is 182 g/mol. The minimum Gasteiger partial charge on any atom is -0.390 e. The van der Waals surface area contributed by atoms with Crippen LogP contribution >= 0.6 is 0 Å². The molecule has 3 N–H and O–H groups in total. The first kappa shape index (κ1) is 7.21. The number of hydrogen-bond acceptors (Lipinski definition) is 3. The molecule has 2 bridgehead atoms. The predicted octanol–water partition coefficient (Wildman–Crippen LogP) is -0.213. The van der Waals surface area contributed by atoms with Gasteiger partial charge >= 0.3 is 0 Å². The topological polar surface area (TPSA) is 60.7 Å². The van der Waals surface area contributed by atoms with E-state index in [2.05, 4.69) is 0 Å². The van der Waals surface area contributed by atoms with E-state index in [1.165, 1.54) is 0 Å². The van der Waals surface area contributed by atoms with Crippen LogP contribution in [0.1, 0.15) is 32.1 Å². The molecule has 0 aromatic heterocycles.